The topological polar surface area (TPSA) is 73.8 Å². The van der Waals surface area contributed by atoms with Crippen molar-refractivity contribution in [2.24, 2.45) is 0 Å². The molecule has 0 spiro atoms. The molecular formula is C24H24N4O2S. The Bertz CT molecular complexity index is 1370. The highest BCUT2D eigenvalue weighted by Gasteiger charge is 2.29. The fourth-order valence-corrected chi connectivity index (χ4v) is 4.96. The van der Waals surface area contributed by atoms with Crippen LogP contribution in [0.15, 0.2) is 44.7 Å². The van der Waals surface area contributed by atoms with Gasteiger partial charge in [-0.15, -0.1) is 0 Å². The zero-order valence-electron chi connectivity index (χ0n) is 18.1. The molecular weight excluding hydrogens is 408 g/mol. The fourth-order valence-electron chi connectivity index (χ4n) is 3.90. The molecule has 0 unspecified atom stereocenters. The Morgan fingerprint density at radius 2 is 1.90 bits per heavy atom. The van der Waals surface area contributed by atoms with Crippen molar-refractivity contribution in [3.8, 4) is 11.5 Å². The van der Waals surface area contributed by atoms with Gasteiger partial charge in [0, 0.05) is 23.1 Å². The number of aromatic nitrogens is 4. The molecule has 0 aliphatic heterocycles. The van der Waals surface area contributed by atoms with Crippen molar-refractivity contribution in [2.75, 3.05) is 0 Å². The summed E-state index contributed by atoms with van der Waals surface area (Å²) in [7, 11) is 0. The highest BCUT2D eigenvalue weighted by molar-refractivity contribution is 7.98. The van der Waals surface area contributed by atoms with Crippen molar-refractivity contribution in [3.05, 3.63) is 69.0 Å². The number of benzene rings is 1. The molecule has 3 heterocycles. The van der Waals surface area contributed by atoms with E-state index in [0.717, 1.165) is 52.3 Å². The van der Waals surface area contributed by atoms with Crippen molar-refractivity contribution >= 4 is 22.8 Å². The van der Waals surface area contributed by atoms with Gasteiger partial charge in [0.25, 0.3) is 5.56 Å². The van der Waals surface area contributed by atoms with E-state index in [-0.39, 0.29) is 5.56 Å². The van der Waals surface area contributed by atoms with Crippen LogP contribution in [-0.2, 0) is 5.75 Å². The summed E-state index contributed by atoms with van der Waals surface area (Å²) in [6.45, 7) is 7.90. The van der Waals surface area contributed by atoms with Crippen LogP contribution >= 0.6 is 11.8 Å². The van der Waals surface area contributed by atoms with E-state index in [1.54, 1.807) is 0 Å². The first-order valence-corrected chi connectivity index (χ1v) is 11.5. The first-order chi connectivity index (χ1) is 14.9. The first kappa shape index (κ1) is 20.0. The van der Waals surface area contributed by atoms with Crippen LogP contribution in [0.2, 0.25) is 0 Å². The van der Waals surface area contributed by atoms with E-state index in [9.17, 15) is 4.79 Å². The quantitative estimate of drug-likeness (QED) is 0.314. The molecule has 1 fully saturated rings. The van der Waals surface area contributed by atoms with Crippen LogP contribution < -0.4 is 5.56 Å². The zero-order chi connectivity index (χ0) is 21.7. The molecule has 158 valence electrons. The van der Waals surface area contributed by atoms with Crippen molar-refractivity contribution in [3.63, 3.8) is 0 Å². The lowest BCUT2D eigenvalue weighted by Gasteiger charge is -2.15. The summed E-state index contributed by atoms with van der Waals surface area (Å²) in [6.07, 6.45) is 2.17. The maximum atomic E-state index is 12.8. The summed E-state index contributed by atoms with van der Waals surface area (Å²) in [4.78, 5) is 26.7. The minimum Gasteiger partial charge on any atom is -0.441 e. The van der Waals surface area contributed by atoms with E-state index in [0.29, 0.717) is 28.2 Å². The molecule has 0 amide bonds. The number of aryl methyl sites for hydroxylation is 4. The first-order valence-electron chi connectivity index (χ1n) is 10.5. The second kappa shape index (κ2) is 7.64. The number of hydrogen-bond donors (Lipinski definition) is 0. The third-order valence-corrected chi connectivity index (χ3v) is 6.54. The molecule has 1 aliphatic carbocycles. The molecule has 0 atom stereocenters. The molecule has 7 heteroatoms. The van der Waals surface area contributed by atoms with Gasteiger partial charge in [-0.3, -0.25) is 4.79 Å². The summed E-state index contributed by atoms with van der Waals surface area (Å²) in [5.41, 5.74) is 5.38. The maximum Gasteiger partial charge on any atom is 0.283 e. The minimum absolute atomic E-state index is 0.211. The van der Waals surface area contributed by atoms with Crippen molar-refractivity contribution in [1.82, 2.24) is 19.5 Å². The number of thioether (sulfide) groups is 1. The standard InChI is InChI=1S/C24H24N4O2S/c1-13-6-5-7-17(10-13)23-26-19(16(4)30-23)12-31-24-27-22(29)20-14(2)11-15(3)25-21(20)28(24)18-8-9-18/h5-7,10-11,18H,8-9,12H2,1-4H3. The second-order valence-electron chi connectivity index (χ2n) is 8.26. The third kappa shape index (κ3) is 3.78. The van der Waals surface area contributed by atoms with Crippen LogP contribution in [-0.4, -0.2) is 19.5 Å². The highest BCUT2D eigenvalue weighted by Crippen LogP contribution is 2.40. The predicted octanol–water partition coefficient (Wildman–Crippen LogP) is 5.31. The van der Waals surface area contributed by atoms with Gasteiger partial charge < -0.3 is 8.98 Å². The lowest BCUT2D eigenvalue weighted by Crippen LogP contribution is -2.18. The Balaban J connectivity index is 1.51. The smallest absolute Gasteiger partial charge is 0.283 e. The minimum atomic E-state index is -0.211. The zero-order valence-corrected chi connectivity index (χ0v) is 18.9. The Labute approximate surface area is 184 Å². The number of rotatable bonds is 5. The number of nitrogens with zero attached hydrogens (tertiary/aromatic N) is 4. The fraction of sp³-hybridized carbons (Fsp3) is 0.333. The molecule has 0 radical (unpaired) electrons. The monoisotopic (exact) mass is 432 g/mol. The average Bonchev–Trinajstić information content (AvgIpc) is 3.47. The van der Waals surface area contributed by atoms with E-state index >= 15 is 0 Å². The molecule has 0 saturated heterocycles. The second-order valence-corrected chi connectivity index (χ2v) is 9.20. The van der Waals surface area contributed by atoms with E-state index < -0.39 is 0 Å². The molecule has 3 aromatic heterocycles. The summed E-state index contributed by atoms with van der Waals surface area (Å²) in [5, 5.41) is 1.33. The normalized spacial score (nSPS) is 13.8. The third-order valence-electron chi connectivity index (χ3n) is 5.58. The Morgan fingerprint density at radius 3 is 2.65 bits per heavy atom. The Kier molecular flexibility index (Phi) is 4.93. The SMILES string of the molecule is Cc1cccc(-c2nc(CSc3nc(=O)c4c(C)cc(C)nc4n3C3CC3)c(C)o2)c1. The molecule has 5 rings (SSSR count). The van der Waals surface area contributed by atoms with Crippen molar-refractivity contribution < 1.29 is 4.42 Å². The lowest BCUT2D eigenvalue weighted by atomic mass is 10.1. The average molecular weight is 433 g/mol. The van der Waals surface area contributed by atoms with Gasteiger partial charge >= 0.3 is 0 Å². The number of oxazole rings is 1. The van der Waals surface area contributed by atoms with Gasteiger partial charge in [-0.25, -0.2) is 9.97 Å². The molecule has 6 nitrogen and oxygen atoms in total. The van der Waals surface area contributed by atoms with Gasteiger partial charge in [0.2, 0.25) is 5.89 Å². The predicted molar refractivity (Wildman–Crippen MR) is 123 cm³/mol. The van der Waals surface area contributed by atoms with Gasteiger partial charge in [-0.1, -0.05) is 29.5 Å². The van der Waals surface area contributed by atoms with Crippen LogP contribution in [0.3, 0.4) is 0 Å². The van der Waals surface area contributed by atoms with Crippen molar-refractivity contribution in [2.45, 2.75) is 57.5 Å². The molecule has 31 heavy (non-hydrogen) atoms. The van der Waals surface area contributed by atoms with E-state index in [1.807, 2.05) is 39.0 Å². The molecule has 1 aliphatic rings. The molecule has 0 N–H and O–H groups in total. The molecule has 0 bridgehead atoms. The van der Waals surface area contributed by atoms with Gasteiger partial charge in [-0.05, 0) is 64.3 Å². The van der Waals surface area contributed by atoms with Crippen LogP contribution in [0.25, 0.3) is 22.5 Å². The molecule has 4 aromatic rings. The van der Waals surface area contributed by atoms with Crippen LogP contribution in [0.1, 0.15) is 47.2 Å². The Hall–Kier alpha value is -2.93. The summed E-state index contributed by atoms with van der Waals surface area (Å²) in [5.74, 6) is 1.99. The maximum absolute atomic E-state index is 12.8. The van der Waals surface area contributed by atoms with E-state index in [1.165, 1.54) is 11.8 Å². The summed E-state index contributed by atoms with van der Waals surface area (Å²) in [6, 6.07) is 10.4. The van der Waals surface area contributed by atoms with Crippen LogP contribution in [0.5, 0.6) is 0 Å². The summed E-state index contributed by atoms with van der Waals surface area (Å²) < 4.78 is 8.08. The van der Waals surface area contributed by atoms with Crippen LogP contribution in [0.4, 0.5) is 0 Å². The summed E-state index contributed by atoms with van der Waals surface area (Å²) >= 11 is 1.52. The number of hydrogen-bond acceptors (Lipinski definition) is 6. The van der Waals surface area contributed by atoms with E-state index in [4.69, 9.17) is 14.4 Å². The van der Waals surface area contributed by atoms with Gasteiger partial charge in [0.1, 0.15) is 11.4 Å². The van der Waals surface area contributed by atoms with Gasteiger partial charge in [0.15, 0.2) is 5.16 Å². The van der Waals surface area contributed by atoms with Crippen LogP contribution in [0, 0.1) is 27.7 Å². The molecule has 1 saturated carbocycles. The van der Waals surface area contributed by atoms with E-state index in [2.05, 4.69) is 28.6 Å². The number of fused-ring (bicyclic) bond motifs is 1. The highest BCUT2D eigenvalue weighted by atomic mass is 32.2. The van der Waals surface area contributed by atoms with Gasteiger partial charge in [-0.2, -0.15) is 4.98 Å². The lowest BCUT2D eigenvalue weighted by molar-refractivity contribution is 0.540. The Morgan fingerprint density at radius 1 is 1.10 bits per heavy atom. The largest absolute Gasteiger partial charge is 0.441 e. The number of pyridine rings is 1. The van der Waals surface area contributed by atoms with Gasteiger partial charge in [0.05, 0.1) is 11.1 Å². The molecule has 1 aromatic carbocycles. The van der Waals surface area contributed by atoms with Crippen molar-refractivity contribution in [1.29, 1.82) is 0 Å².